The molecule has 2 aromatic carbocycles. The number of rotatable bonds is 4. The Morgan fingerprint density at radius 2 is 2.07 bits per heavy atom. The van der Waals surface area contributed by atoms with Gasteiger partial charge in [-0.3, -0.25) is 5.41 Å². The van der Waals surface area contributed by atoms with Crippen molar-refractivity contribution in [2.45, 2.75) is 4.90 Å². The number of hydrogen-bond acceptors (Lipinski definition) is 6. The van der Waals surface area contributed by atoms with Crippen LogP contribution in [-0.2, 0) is 0 Å². The first kappa shape index (κ1) is 18.5. The molecule has 3 aromatic rings. The van der Waals surface area contributed by atoms with Crippen LogP contribution in [-0.4, -0.2) is 21.7 Å². The maximum absolute atomic E-state index is 8.92. The molecule has 0 radical (unpaired) electrons. The molecular formula is C19H14N6S2. The number of nitrogens with two attached hydrogens (primary N) is 1. The molecule has 0 saturated carbocycles. The fraction of sp³-hybridized carbons (Fsp3) is 0. The summed E-state index contributed by atoms with van der Waals surface area (Å²) in [6, 6.07) is 14.6. The topological polar surface area (TPSA) is 123 Å². The number of nitriles is 1. The fourth-order valence-corrected chi connectivity index (χ4v) is 3.69. The van der Waals surface area contributed by atoms with E-state index in [1.54, 1.807) is 41.1 Å². The number of benzene rings is 2. The minimum Gasteiger partial charge on any atom is -0.384 e. The molecule has 1 aromatic heterocycles. The predicted octanol–water partition coefficient (Wildman–Crippen LogP) is 4.18. The van der Waals surface area contributed by atoms with Crippen molar-refractivity contribution in [2.24, 2.45) is 10.7 Å². The van der Waals surface area contributed by atoms with E-state index in [2.05, 4.69) is 9.98 Å². The first-order chi connectivity index (χ1) is 13.0. The molecule has 0 aliphatic rings. The standard InChI is InChI=1S/C19H14N6S2/c20-10-12-2-1-3-13(8-12)15(21)5-7-18(22)25-19(23)27-14-4-6-16-17(9-14)26-11-24-16/h1-9,11,21H,(H3,22,23,25)/b7-5-,21-15?. The molecule has 4 N–H and O–H groups in total. The van der Waals surface area contributed by atoms with Gasteiger partial charge in [0.1, 0.15) is 5.84 Å². The summed E-state index contributed by atoms with van der Waals surface area (Å²) in [5.74, 6) is 0.132. The molecule has 8 heteroatoms. The molecule has 27 heavy (non-hydrogen) atoms. The van der Waals surface area contributed by atoms with Crippen LogP contribution in [0.5, 0.6) is 0 Å². The third kappa shape index (κ3) is 4.88. The van der Waals surface area contributed by atoms with E-state index in [0.717, 1.165) is 15.1 Å². The number of fused-ring (bicyclic) bond motifs is 1. The van der Waals surface area contributed by atoms with Gasteiger partial charge < -0.3 is 11.1 Å². The van der Waals surface area contributed by atoms with Gasteiger partial charge >= 0.3 is 0 Å². The van der Waals surface area contributed by atoms with Gasteiger partial charge in [0.25, 0.3) is 0 Å². The molecule has 6 nitrogen and oxygen atoms in total. The highest BCUT2D eigenvalue weighted by molar-refractivity contribution is 8.13. The lowest BCUT2D eigenvalue weighted by Crippen LogP contribution is -2.10. The van der Waals surface area contributed by atoms with Gasteiger partial charge in [-0.15, -0.1) is 11.3 Å². The number of nitrogens with one attached hydrogen (secondary N) is 2. The van der Waals surface area contributed by atoms with E-state index < -0.39 is 0 Å². The molecular weight excluding hydrogens is 376 g/mol. The van der Waals surface area contributed by atoms with E-state index in [-0.39, 0.29) is 16.7 Å². The molecule has 3 rings (SSSR count). The van der Waals surface area contributed by atoms with Crippen molar-refractivity contribution < 1.29 is 0 Å². The lowest BCUT2D eigenvalue weighted by Gasteiger charge is -2.01. The molecule has 0 saturated heterocycles. The van der Waals surface area contributed by atoms with Crippen molar-refractivity contribution in [2.75, 3.05) is 0 Å². The van der Waals surface area contributed by atoms with Gasteiger partial charge in [-0.1, -0.05) is 23.9 Å². The Morgan fingerprint density at radius 3 is 2.89 bits per heavy atom. The number of thiazole rings is 1. The van der Waals surface area contributed by atoms with Crippen molar-refractivity contribution in [3.05, 3.63) is 71.3 Å². The molecule has 0 unspecified atom stereocenters. The third-order valence-electron chi connectivity index (χ3n) is 3.47. The molecule has 0 bridgehead atoms. The zero-order valence-electron chi connectivity index (χ0n) is 14.0. The fourth-order valence-electron chi connectivity index (χ4n) is 2.21. The second kappa shape index (κ2) is 8.40. The van der Waals surface area contributed by atoms with Crippen LogP contribution in [0.1, 0.15) is 11.1 Å². The first-order valence-electron chi connectivity index (χ1n) is 7.76. The maximum Gasteiger partial charge on any atom is 0.186 e. The van der Waals surface area contributed by atoms with Crippen LogP contribution in [0.15, 0.2) is 70.0 Å². The summed E-state index contributed by atoms with van der Waals surface area (Å²) in [6.07, 6.45) is 2.97. The normalized spacial score (nSPS) is 11.6. The minimum absolute atomic E-state index is 0.0547. The summed E-state index contributed by atoms with van der Waals surface area (Å²) < 4.78 is 1.05. The molecule has 1 heterocycles. The number of aliphatic imine (C=N–C) groups is 1. The van der Waals surface area contributed by atoms with Gasteiger partial charge in [0.2, 0.25) is 0 Å². The number of hydrogen-bond donors (Lipinski definition) is 3. The average Bonchev–Trinajstić information content (AvgIpc) is 3.13. The minimum atomic E-state index is 0.0547. The van der Waals surface area contributed by atoms with Crippen molar-refractivity contribution in [1.29, 1.82) is 16.1 Å². The number of allylic oxidation sites excluding steroid dienone is 1. The smallest absolute Gasteiger partial charge is 0.186 e. The van der Waals surface area contributed by atoms with Gasteiger partial charge in [-0.2, -0.15) is 5.26 Å². The van der Waals surface area contributed by atoms with Crippen molar-refractivity contribution >= 4 is 50.0 Å². The third-order valence-corrected chi connectivity index (χ3v) is 5.04. The van der Waals surface area contributed by atoms with Gasteiger partial charge in [0.05, 0.1) is 33.1 Å². The quantitative estimate of drug-likeness (QED) is 0.351. The lowest BCUT2D eigenvalue weighted by molar-refractivity contribution is 1.45. The molecule has 0 atom stereocenters. The number of aromatic nitrogens is 1. The van der Waals surface area contributed by atoms with Crippen LogP contribution in [0.3, 0.4) is 0 Å². The molecule has 0 aliphatic heterocycles. The van der Waals surface area contributed by atoms with Gasteiger partial charge in [-0.25, -0.2) is 9.98 Å². The van der Waals surface area contributed by atoms with Crippen LogP contribution in [0.25, 0.3) is 10.2 Å². The first-order valence-corrected chi connectivity index (χ1v) is 9.46. The summed E-state index contributed by atoms with van der Waals surface area (Å²) in [5, 5.41) is 25.0. The van der Waals surface area contributed by atoms with Gasteiger partial charge in [0.15, 0.2) is 5.17 Å². The van der Waals surface area contributed by atoms with E-state index in [0.29, 0.717) is 11.1 Å². The van der Waals surface area contributed by atoms with Crippen LogP contribution in [0, 0.1) is 22.1 Å². The molecule has 0 spiro atoms. The maximum atomic E-state index is 8.92. The van der Waals surface area contributed by atoms with E-state index in [4.69, 9.17) is 21.8 Å². The molecule has 0 fully saturated rings. The molecule has 0 aliphatic carbocycles. The van der Waals surface area contributed by atoms with E-state index in [1.165, 1.54) is 23.9 Å². The molecule has 0 amide bonds. The van der Waals surface area contributed by atoms with Crippen molar-refractivity contribution in [3.63, 3.8) is 0 Å². The summed E-state index contributed by atoms with van der Waals surface area (Å²) >= 11 is 2.74. The highest BCUT2D eigenvalue weighted by Crippen LogP contribution is 2.26. The van der Waals surface area contributed by atoms with Crippen LogP contribution in [0.4, 0.5) is 0 Å². The monoisotopic (exact) mass is 390 g/mol. The van der Waals surface area contributed by atoms with Gasteiger partial charge in [0, 0.05) is 10.5 Å². The van der Waals surface area contributed by atoms with Crippen LogP contribution < -0.4 is 5.73 Å². The molecule has 132 valence electrons. The zero-order chi connectivity index (χ0) is 19.2. The Morgan fingerprint density at radius 1 is 1.22 bits per heavy atom. The highest BCUT2D eigenvalue weighted by Gasteiger charge is 2.04. The average molecular weight is 390 g/mol. The van der Waals surface area contributed by atoms with E-state index >= 15 is 0 Å². The Balaban J connectivity index is 1.65. The zero-order valence-corrected chi connectivity index (χ0v) is 15.6. The van der Waals surface area contributed by atoms with E-state index in [9.17, 15) is 0 Å². The number of nitrogens with zero attached hydrogens (tertiary/aromatic N) is 3. The Kier molecular flexibility index (Phi) is 5.76. The second-order valence-electron chi connectivity index (χ2n) is 5.37. The van der Waals surface area contributed by atoms with Crippen molar-refractivity contribution in [1.82, 2.24) is 4.98 Å². The van der Waals surface area contributed by atoms with Crippen LogP contribution >= 0.6 is 23.1 Å². The van der Waals surface area contributed by atoms with Crippen LogP contribution in [0.2, 0.25) is 0 Å². The SMILES string of the molecule is N#Cc1cccc(C(=N)/C=C\C(N)=N\C(=N)Sc2ccc3ncsc3c2)c1. The predicted molar refractivity (Wildman–Crippen MR) is 112 cm³/mol. The van der Waals surface area contributed by atoms with E-state index in [1.807, 2.05) is 24.3 Å². The second-order valence-corrected chi connectivity index (χ2v) is 7.31. The summed E-state index contributed by atoms with van der Waals surface area (Å²) in [6.45, 7) is 0. The largest absolute Gasteiger partial charge is 0.384 e. The number of amidine groups is 2. The Bertz CT molecular complexity index is 1120. The van der Waals surface area contributed by atoms with Gasteiger partial charge in [-0.05, 0) is 42.5 Å². The Labute approximate surface area is 164 Å². The number of thioether (sulfide) groups is 1. The summed E-state index contributed by atoms with van der Waals surface area (Å²) in [4.78, 5) is 9.14. The highest BCUT2D eigenvalue weighted by atomic mass is 32.2. The van der Waals surface area contributed by atoms with Crippen molar-refractivity contribution in [3.8, 4) is 6.07 Å². The summed E-state index contributed by atoms with van der Waals surface area (Å²) in [5.41, 5.74) is 9.86. The summed E-state index contributed by atoms with van der Waals surface area (Å²) in [7, 11) is 0. The Hall–Kier alpha value is -3.28. The lowest BCUT2D eigenvalue weighted by atomic mass is 10.1.